The average molecular weight is 325 g/mol. The lowest BCUT2D eigenvalue weighted by Crippen LogP contribution is -2.06. The van der Waals surface area contributed by atoms with Crippen molar-refractivity contribution in [3.8, 4) is 11.1 Å². The van der Waals surface area contributed by atoms with Crippen LogP contribution in [0.15, 0.2) is 48.5 Å². The summed E-state index contributed by atoms with van der Waals surface area (Å²) in [6.45, 7) is 4.05. The molecule has 0 aliphatic carbocycles. The van der Waals surface area contributed by atoms with E-state index in [9.17, 15) is 9.90 Å². The molecule has 0 heterocycles. The summed E-state index contributed by atoms with van der Waals surface area (Å²) >= 11 is 6.00. The van der Waals surface area contributed by atoms with Crippen molar-refractivity contribution in [2.24, 2.45) is 0 Å². The molecule has 0 bridgehead atoms. The first-order valence-electron chi connectivity index (χ1n) is 7.47. The summed E-state index contributed by atoms with van der Waals surface area (Å²) in [5.41, 5.74) is 5.02. The zero-order valence-corrected chi connectivity index (χ0v) is 13.8. The highest BCUT2D eigenvalue weighted by Gasteiger charge is 2.17. The molecule has 3 rings (SSSR count). The van der Waals surface area contributed by atoms with Crippen LogP contribution >= 0.6 is 11.6 Å². The minimum Gasteiger partial charge on any atom is -0.481 e. The van der Waals surface area contributed by atoms with Crippen LogP contribution in [-0.2, 0) is 11.2 Å². The molecule has 0 fully saturated rings. The monoisotopic (exact) mass is 324 g/mol. The fraction of sp³-hybridized carbons (Fsp3) is 0.150. The Hall–Kier alpha value is -2.32. The zero-order chi connectivity index (χ0) is 16.6. The Labute approximate surface area is 140 Å². The Morgan fingerprint density at radius 1 is 0.957 bits per heavy atom. The number of hydrogen-bond donors (Lipinski definition) is 1. The van der Waals surface area contributed by atoms with Gasteiger partial charge < -0.3 is 5.11 Å². The molecule has 0 radical (unpaired) electrons. The maximum atomic E-state index is 11.4. The first kappa shape index (κ1) is 15.6. The number of halogens is 1. The minimum absolute atomic E-state index is 0.00939. The number of aryl methyl sites for hydroxylation is 1. The fourth-order valence-electron chi connectivity index (χ4n) is 3.13. The van der Waals surface area contributed by atoms with Gasteiger partial charge in [0, 0.05) is 5.02 Å². The summed E-state index contributed by atoms with van der Waals surface area (Å²) in [6, 6.07) is 15.7. The van der Waals surface area contributed by atoms with Crippen molar-refractivity contribution in [1.82, 2.24) is 0 Å². The SMILES string of the molecule is Cc1c(CC(=O)O)c(-c2ccc(Cl)cc2)c2ccccc2c1C. The van der Waals surface area contributed by atoms with Crippen molar-refractivity contribution in [3.05, 3.63) is 70.2 Å². The molecular formula is C20H17ClO2. The molecule has 116 valence electrons. The molecule has 0 aromatic heterocycles. The Morgan fingerprint density at radius 3 is 2.17 bits per heavy atom. The van der Waals surface area contributed by atoms with E-state index in [1.165, 1.54) is 0 Å². The predicted molar refractivity (Wildman–Crippen MR) is 95.2 cm³/mol. The Morgan fingerprint density at radius 2 is 1.57 bits per heavy atom. The molecule has 0 saturated heterocycles. The average Bonchev–Trinajstić information content (AvgIpc) is 2.54. The summed E-state index contributed by atoms with van der Waals surface area (Å²) in [5.74, 6) is -0.821. The van der Waals surface area contributed by atoms with E-state index in [4.69, 9.17) is 11.6 Å². The molecule has 0 atom stereocenters. The minimum atomic E-state index is -0.821. The number of aliphatic carboxylic acids is 1. The zero-order valence-electron chi connectivity index (χ0n) is 13.1. The molecule has 3 aromatic rings. The van der Waals surface area contributed by atoms with Crippen LogP contribution in [0.2, 0.25) is 5.02 Å². The van der Waals surface area contributed by atoms with Crippen molar-refractivity contribution in [3.63, 3.8) is 0 Å². The molecule has 23 heavy (non-hydrogen) atoms. The number of benzene rings is 3. The van der Waals surface area contributed by atoms with Gasteiger partial charge in [0.05, 0.1) is 6.42 Å². The van der Waals surface area contributed by atoms with E-state index in [1.807, 2.05) is 43.3 Å². The molecule has 0 spiro atoms. The number of rotatable bonds is 3. The van der Waals surface area contributed by atoms with Crippen molar-refractivity contribution in [1.29, 1.82) is 0 Å². The lowest BCUT2D eigenvalue weighted by atomic mass is 9.85. The summed E-state index contributed by atoms with van der Waals surface area (Å²) < 4.78 is 0. The van der Waals surface area contributed by atoms with Crippen LogP contribution in [-0.4, -0.2) is 11.1 Å². The van der Waals surface area contributed by atoms with Crippen LogP contribution in [0.4, 0.5) is 0 Å². The predicted octanol–water partition coefficient (Wildman–Crippen LogP) is 5.40. The van der Waals surface area contributed by atoms with E-state index in [2.05, 4.69) is 19.1 Å². The van der Waals surface area contributed by atoms with Crippen LogP contribution in [0.3, 0.4) is 0 Å². The van der Waals surface area contributed by atoms with Gasteiger partial charge in [0.2, 0.25) is 0 Å². The second-order valence-corrected chi connectivity index (χ2v) is 6.16. The Bertz CT molecular complexity index is 896. The largest absolute Gasteiger partial charge is 0.481 e. The van der Waals surface area contributed by atoms with Gasteiger partial charge in [-0.3, -0.25) is 4.79 Å². The van der Waals surface area contributed by atoms with Crippen LogP contribution < -0.4 is 0 Å². The van der Waals surface area contributed by atoms with Crippen LogP contribution in [0, 0.1) is 13.8 Å². The van der Waals surface area contributed by atoms with Gasteiger partial charge in [-0.05, 0) is 64.6 Å². The number of carbonyl (C=O) groups is 1. The molecule has 0 aliphatic rings. The van der Waals surface area contributed by atoms with Crippen molar-refractivity contribution in [2.45, 2.75) is 20.3 Å². The van der Waals surface area contributed by atoms with E-state index < -0.39 is 5.97 Å². The summed E-state index contributed by atoms with van der Waals surface area (Å²) in [7, 11) is 0. The molecule has 1 N–H and O–H groups in total. The van der Waals surface area contributed by atoms with Crippen LogP contribution in [0.1, 0.15) is 16.7 Å². The number of carboxylic acid groups (broad SMARTS) is 1. The summed E-state index contributed by atoms with van der Waals surface area (Å²) in [6.07, 6.45) is 0.00939. The molecule has 0 unspecified atom stereocenters. The highest BCUT2D eigenvalue weighted by atomic mass is 35.5. The first-order chi connectivity index (χ1) is 11.0. The van der Waals surface area contributed by atoms with Gasteiger partial charge >= 0.3 is 5.97 Å². The van der Waals surface area contributed by atoms with Gasteiger partial charge in [-0.15, -0.1) is 0 Å². The lowest BCUT2D eigenvalue weighted by molar-refractivity contribution is -0.136. The summed E-state index contributed by atoms with van der Waals surface area (Å²) in [5, 5.41) is 12.3. The van der Waals surface area contributed by atoms with E-state index in [0.717, 1.165) is 38.6 Å². The van der Waals surface area contributed by atoms with Gasteiger partial charge in [-0.1, -0.05) is 48.0 Å². The third-order valence-corrected chi connectivity index (χ3v) is 4.63. The second-order valence-electron chi connectivity index (χ2n) is 5.73. The van der Waals surface area contributed by atoms with Crippen molar-refractivity contribution < 1.29 is 9.90 Å². The molecular weight excluding hydrogens is 308 g/mol. The van der Waals surface area contributed by atoms with Crippen molar-refractivity contribution >= 4 is 28.3 Å². The number of hydrogen-bond acceptors (Lipinski definition) is 1. The second kappa shape index (κ2) is 6.05. The van der Waals surface area contributed by atoms with Gasteiger partial charge in [0.25, 0.3) is 0 Å². The topological polar surface area (TPSA) is 37.3 Å². The molecule has 3 heteroatoms. The van der Waals surface area contributed by atoms with Crippen LogP contribution in [0.25, 0.3) is 21.9 Å². The quantitative estimate of drug-likeness (QED) is 0.700. The Kier molecular flexibility index (Phi) is 4.10. The normalized spacial score (nSPS) is 10.9. The molecule has 2 nitrogen and oxygen atoms in total. The van der Waals surface area contributed by atoms with Crippen LogP contribution in [0.5, 0.6) is 0 Å². The molecule has 0 amide bonds. The van der Waals surface area contributed by atoms with Gasteiger partial charge in [0.1, 0.15) is 0 Å². The highest BCUT2D eigenvalue weighted by molar-refractivity contribution is 6.30. The van der Waals surface area contributed by atoms with Crippen molar-refractivity contribution in [2.75, 3.05) is 0 Å². The third kappa shape index (κ3) is 2.82. The Balaban J connectivity index is 2.42. The number of fused-ring (bicyclic) bond motifs is 1. The molecule has 0 aliphatic heterocycles. The van der Waals surface area contributed by atoms with Gasteiger partial charge in [0.15, 0.2) is 0 Å². The first-order valence-corrected chi connectivity index (χ1v) is 7.85. The standard InChI is InChI=1S/C20H17ClO2/c1-12-13(2)18(11-19(22)23)20(14-7-9-15(21)10-8-14)17-6-4-3-5-16(12)17/h3-10H,11H2,1-2H3,(H,22,23). The maximum Gasteiger partial charge on any atom is 0.307 e. The molecule has 0 saturated carbocycles. The third-order valence-electron chi connectivity index (χ3n) is 4.38. The fourth-order valence-corrected chi connectivity index (χ4v) is 3.25. The number of carboxylic acids is 1. The van der Waals surface area contributed by atoms with Gasteiger partial charge in [-0.25, -0.2) is 0 Å². The van der Waals surface area contributed by atoms with E-state index in [1.54, 1.807) is 0 Å². The van der Waals surface area contributed by atoms with E-state index >= 15 is 0 Å². The summed E-state index contributed by atoms with van der Waals surface area (Å²) in [4.78, 5) is 11.4. The smallest absolute Gasteiger partial charge is 0.307 e. The lowest BCUT2D eigenvalue weighted by Gasteiger charge is -2.18. The molecule has 3 aromatic carbocycles. The van der Waals surface area contributed by atoms with E-state index in [-0.39, 0.29) is 6.42 Å². The van der Waals surface area contributed by atoms with Gasteiger partial charge in [-0.2, -0.15) is 0 Å². The maximum absolute atomic E-state index is 11.4. The van der Waals surface area contributed by atoms with E-state index in [0.29, 0.717) is 5.02 Å². The highest BCUT2D eigenvalue weighted by Crippen LogP contribution is 2.37.